The minimum atomic E-state index is -0.545. The van der Waals surface area contributed by atoms with Crippen LogP contribution in [0.2, 0.25) is 0 Å². The molecular formula is C23H18N4O4. The third-order valence-corrected chi connectivity index (χ3v) is 4.62. The predicted molar refractivity (Wildman–Crippen MR) is 116 cm³/mol. The van der Waals surface area contributed by atoms with Crippen LogP contribution in [0.1, 0.15) is 22.3 Å². The highest BCUT2D eigenvalue weighted by atomic mass is 16.6. The maximum absolute atomic E-state index is 11.6. The first-order valence-corrected chi connectivity index (χ1v) is 9.22. The number of benzene rings is 3. The van der Waals surface area contributed by atoms with Gasteiger partial charge in [0.25, 0.3) is 5.69 Å². The van der Waals surface area contributed by atoms with Crippen molar-refractivity contribution < 1.29 is 14.8 Å². The number of nitrogens with one attached hydrogen (secondary N) is 1. The average Bonchev–Trinajstić information content (AvgIpc) is 2.76. The number of nitro benzene ring substituents is 1. The van der Waals surface area contributed by atoms with Crippen molar-refractivity contribution in [1.82, 2.24) is 0 Å². The van der Waals surface area contributed by atoms with E-state index in [1.807, 2.05) is 0 Å². The number of hydrogen-bond donors (Lipinski definition) is 2. The molecule has 0 bridgehead atoms. The molecule has 3 aromatic rings. The van der Waals surface area contributed by atoms with Crippen molar-refractivity contribution in [3.63, 3.8) is 0 Å². The number of hydrogen-bond acceptors (Lipinski definition) is 6. The number of ether oxygens (including phenoxy) is 1. The average molecular weight is 414 g/mol. The van der Waals surface area contributed by atoms with Gasteiger partial charge in [-0.05, 0) is 49.2 Å². The molecule has 0 unspecified atom stereocenters. The Morgan fingerprint density at radius 2 is 1.84 bits per heavy atom. The summed E-state index contributed by atoms with van der Waals surface area (Å²) >= 11 is 0. The fourth-order valence-electron chi connectivity index (χ4n) is 3.14. The fourth-order valence-corrected chi connectivity index (χ4v) is 3.14. The summed E-state index contributed by atoms with van der Waals surface area (Å²) in [6, 6.07) is 14.7. The lowest BCUT2D eigenvalue weighted by atomic mass is 10.1. The Kier molecular flexibility index (Phi) is 6.15. The van der Waals surface area contributed by atoms with Gasteiger partial charge in [-0.25, -0.2) is 4.85 Å². The van der Waals surface area contributed by atoms with E-state index >= 15 is 0 Å². The molecule has 0 aliphatic heterocycles. The zero-order valence-electron chi connectivity index (χ0n) is 16.8. The first-order valence-electron chi connectivity index (χ1n) is 9.22. The highest BCUT2D eigenvalue weighted by molar-refractivity contribution is 5.73. The second-order valence-corrected chi connectivity index (χ2v) is 6.83. The minimum absolute atomic E-state index is 0.178. The molecule has 2 N–H and O–H groups in total. The van der Waals surface area contributed by atoms with E-state index in [9.17, 15) is 15.2 Å². The zero-order valence-corrected chi connectivity index (χ0v) is 16.8. The monoisotopic (exact) mass is 414 g/mol. The number of nitrogens with zero attached hydrogens (tertiary/aromatic N) is 3. The Hall–Kier alpha value is -4.40. The smallest absolute Gasteiger partial charge is 0.293 e. The van der Waals surface area contributed by atoms with Crippen LogP contribution in [0.25, 0.3) is 4.85 Å². The van der Waals surface area contributed by atoms with Gasteiger partial charge in [0.1, 0.15) is 17.2 Å². The van der Waals surface area contributed by atoms with Gasteiger partial charge in [-0.2, -0.15) is 5.26 Å². The van der Waals surface area contributed by atoms with Crippen molar-refractivity contribution in [2.24, 2.45) is 0 Å². The normalized spacial score (nSPS) is 10.1. The Labute approximate surface area is 178 Å². The summed E-state index contributed by atoms with van der Waals surface area (Å²) in [4.78, 5) is 14.4. The molecule has 0 aromatic heterocycles. The molecule has 0 aliphatic rings. The number of aliphatic hydroxyl groups is 1. The lowest BCUT2D eigenvalue weighted by Crippen LogP contribution is -2.02. The van der Waals surface area contributed by atoms with Crippen LogP contribution < -0.4 is 10.1 Å². The third kappa shape index (κ3) is 4.61. The maximum atomic E-state index is 11.6. The molecule has 0 heterocycles. The van der Waals surface area contributed by atoms with Gasteiger partial charge in [0.05, 0.1) is 29.7 Å². The molecule has 3 rings (SSSR count). The van der Waals surface area contributed by atoms with Crippen molar-refractivity contribution in [2.45, 2.75) is 20.5 Å². The van der Waals surface area contributed by atoms with Crippen LogP contribution in [-0.4, -0.2) is 10.0 Å². The third-order valence-electron chi connectivity index (χ3n) is 4.62. The van der Waals surface area contributed by atoms with E-state index < -0.39 is 11.5 Å². The first-order chi connectivity index (χ1) is 14.9. The number of aryl methyl sites for hydroxylation is 2. The first kappa shape index (κ1) is 21.3. The van der Waals surface area contributed by atoms with Gasteiger partial charge in [-0.3, -0.25) is 10.1 Å². The second kappa shape index (κ2) is 8.95. The van der Waals surface area contributed by atoms with Crippen LogP contribution in [-0.2, 0) is 6.61 Å². The van der Waals surface area contributed by atoms with Crippen LogP contribution in [0, 0.1) is 41.9 Å². The van der Waals surface area contributed by atoms with Gasteiger partial charge in [-0.1, -0.05) is 12.1 Å². The molecule has 0 radical (unpaired) electrons. The number of nitro groups is 1. The summed E-state index contributed by atoms with van der Waals surface area (Å²) in [5.41, 5.74) is 3.17. The molecule has 0 saturated heterocycles. The highest BCUT2D eigenvalue weighted by Gasteiger charge is 2.20. The van der Waals surface area contributed by atoms with Gasteiger partial charge in [0.2, 0.25) is 0 Å². The maximum Gasteiger partial charge on any atom is 0.293 e. The number of aliphatic hydroxyl groups excluding tert-OH is 1. The number of nitriles is 1. The summed E-state index contributed by atoms with van der Waals surface area (Å²) in [6.45, 7) is 10.2. The molecule has 3 aromatic carbocycles. The van der Waals surface area contributed by atoms with Crippen LogP contribution in [0.4, 0.5) is 22.7 Å². The van der Waals surface area contributed by atoms with Crippen LogP contribution in [0.3, 0.4) is 0 Å². The van der Waals surface area contributed by atoms with E-state index in [1.54, 1.807) is 50.2 Å². The SMILES string of the molecule is [C-]#[N+]c1ccc(Nc2cc(Oc3c(C)cc(C#N)cc3C)c(CO)cc2[N+](=O)[O-])cc1. The molecule has 0 fully saturated rings. The fraction of sp³-hybridized carbons (Fsp3) is 0.130. The predicted octanol–water partition coefficient (Wildman–Crippen LogP) is 5.66. The molecule has 0 aliphatic carbocycles. The van der Waals surface area contributed by atoms with Gasteiger partial charge in [-0.15, -0.1) is 0 Å². The summed E-state index contributed by atoms with van der Waals surface area (Å²) in [7, 11) is 0. The molecule has 0 amide bonds. The van der Waals surface area contributed by atoms with Gasteiger partial charge >= 0.3 is 0 Å². The van der Waals surface area contributed by atoms with E-state index in [4.69, 9.17) is 16.6 Å². The molecule has 0 saturated carbocycles. The molecule has 8 nitrogen and oxygen atoms in total. The molecule has 0 atom stereocenters. The van der Waals surface area contributed by atoms with Crippen LogP contribution >= 0.6 is 0 Å². The van der Waals surface area contributed by atoms with E-state index in [0.29, 0.717) is 22.7 Å². The molecule has 154 valence electrons. The summed E-state index contributed by atoms with van der Waals surface area (Å²) < 4.78 is 6.04. The largest absolute Gasteiger partial charge is 0.456 e. The van der Waals surface area contributed by atoms with E-state index in [1.165, 1.54) is 12.1 Å². The summed E-state index contributed by atoms with van der Waals surface area (Å²) in [6.07, 6.45) is 0. The minimum Gasteiger partial charge on any atom is -0.456 e. The van der Waals surface area contributed by atoms with Crippen molar-refractivity contribution >= 4 is 22.7 Å². The Bertz CT molecular complexity index is 1220. The Balaban J connectivity index is 2.06. The van der Waals surface area contributed by atoms with Crippen LogP contribution in [0.5, 0.6) is 11.5 Å². The van der Waals surface area contributed by atoms with Crippen molar-refractivity contribution in [2.75, 3.05) is 5.32 Å². The summed E-state index contributed by atoms with van der Waals surface area (Å²) in [5.74, 6) is 0.763. The van der Waals surface area contributed by atoms with E-state index in [2.05, 4.69) is 16.2 Å². The molecule has 8 heteroatoms. The van der Waals surface area contributed by atoms with Crippen molar-refractivity contribution in [3.05, 3.63) is 92.3 Å². The topological polar surface area (TPSA) is 113 Å². The lowest BCUT2D eigenvalue weighted by Gasteiger charge is -2.16. The second-order valence-electron chi connectivity index (χ2n) is 6.83. The van der Waals surface area contributed by atoms with Gasteiger partial charge < -0.3 is 15.2 Å². The Morgan fingerprint density at radius 3 is 2.35 bits per heavy atom. The van der Waals surface area contributed by atoms with Crippen molar-refractivity contribution in [1.29, 1.82) is 5.26 Å². The molecule has 31 heavy (non-hydrogen) atoms. The van der Waals surface area contributed by atoms with E-state index in [0.717, 1.165) is 11.1 Å². The Morgan fingerprint density at radius 1 is 1.19 bits per heavy atom. The zero-order chi connectivity index (χ0) is 22.5. The summed E-state index contributed by atoms with van der Waals surface area (Å²) in [5, 5.41) is 33.5. The van der Waals surface area contributed by atoms with Gasteiger partial charge in [0, 0.05) is 23.4 Å². The lowest BCUT2D eigenvalue weighted by molar-refractivity contribution is -0.384. The quantitative estimate of drug-likeness (QED) is 0.306. The number of rotatable bonds is 6. The molecule has 0 spiro atoms. The molecular weight excluding hydrogens is 396 g/mol. The highest BCUT2D eigenvalue weighted by Crippen LogP contribution is 2.39. The van der Waals surface area contributed by atoms with Crippen molar-refractivity contribution in [3.8, 4) is 17.6 Å². The number of anilines is 2. The van der Waals surface area contributed by atoms with Gasteiger partial charge in [0.15, 0.2) is 5.69 Å². The standard InChI is InChI=1S/C23H18N4O4/c1-14-8-16(12-24)9-15(2)23(14)31-22-11-20(21(27(29)30)10-17(22)13-28)26-19-6-4-18(25-3)5-7-19/h4-11,26,28H,13H2,1-2H3. The van der Waals surface area contributed by atoms with E-state index in [-0.39, 0.29) is 22.7 Å². The van der Waals surface area contributed by atoms with Crippen LogP contribution in [0.15, 0.2) is 48.5 Å².